The summed E-state index contributed by atoms with van der Waals surface area (Å²) in [5.74, 6) is -1.09. The summed E-state index contributed by atoms with van der Waals surface area (Å²) in [6, 6.07) is 12.5. The number of primary amides is 1. The zero-order valence-electron chi connectivity index (χ0n) is 15.4. The van der Waals surface area contributed by atoms with Crippen molar-refractivity contribution in [1.82, 2.24) is 5.32 Å². The molecule has 0 aliphatic rings. The van der Waals surface area contributed by atoms with Crippen molar-refractivity contribution in [2.45, 2.75) is 25.8 Å². The van der Waals surface area contributed by atoms with Gasteiger partial charge < -0.3 is 21.1 Å². The quantitative estimate of drug-likeness (QED) is 0.588. The molecule has 0 bridgehead atoms. The first-order chi connectivity index (χ1) is 13.4. The van der Waals surface area contributed by atoms with Gasteiger partial charge >= 0.3 is 12.0 Å². The molecule has 8 heteroatoms. The third-order valence-corrected chi connectivity index (χ3v) is 4.25. The van der Waals surface area contributed by atoms with E-state index in [-0.39, 0.29) is 6.42 Å². The van der Waals surface area contributed by atoms with E-state index in [9.17, 15) is 14.4 Å². The fourth-order valence-corrected chi connectivity index (χ4v) is 2.75. The molecular weight excluding hydrogens is 382 g/mol. The number of rotatable bonds is 8. The van der Waals surface area contributed by atoms with E-state index in [1.165, 1.54) is 0 Å². The van der Waals surface area contributed by atoms with Crippen molar-refractivity contribution < 1.29 is 19.1 Å². The SMILES string of the molecule is CCc1ccccc1NC(=O)COC(=O)C[C@@H](NC(N)=O)c1ccc(Cl)cc1. The minimum Gasteiger partial charge on any atom is -0.455 e. The molecule has 148 valence electrons. The Balaban J connectivity index is 1.92. The maximum atomic E-state index is 12.1. The topological polar surface area (TPSA) is 111 Å². The first kappa shape index (κ1) is 21.2. The van der Waals surface area contributed by atoms with Crippen molar-refractivity contribution in [3.63, 3.8) is 0 Å². The molecule has 0 unspecified atom stereocenters. The van der Waals surface area contributed by atoms with Gasteiger partial charge in [0, 0.05) is 10.7 Å². The molecule has 28 heavy (non-hydrogen) atoms. The lowest BCUT2D eigenvalue weighted by Gasteiger charge is -2.17. The number of carbonyl (C=O) groups is 3. The highest BCUT2D eigenvalue weighted by molar-refractivity contribution is 6.30. The van der Waals surface area contributed by atoms with Gasteiger partial charge in [0.2, 0.25) is 0 Å². The number of para-hydroxylation sites is 1. The minimum absolute atomic E-state index is 0.177. The summed E-state index contributed by atoms with van der Waals surface area (Å²) in [4.78, 5) is 35.4. The molecule has 0 saturated heterocycles. The number of hydrogen-bond acceptors (Lipinski definition) is 4. The number of esters is 1. The molecule has 7 nitrogen and oxygen atoms in total. The second-order valence-electron chi connectivity index (χ2n) is 6.04. The van der Waals surface area contributed by atoms with E-state index in [0.29, 0.717) is 16.3 Å². The lowest BCUT2D eigenvalue weighted by atomic mass is 10.0. The lowest BCUT2D eigenvalue weighted by Crippen LogP contribution is -2.35. The van der Waals surface area contributed by atoms with Crippen LogP contribution in [0.1, 0.15) is 30.5 Å². The summed E-state index contributed by atoms with van der Waals surface area (Å²) in [5.41, 5.74) is 7.48. The van der Waals surface area contributed by atoms with Gasteiger partial charge in [-0.2, -0.15) is 0 Å². The first-order valence-corrected chi connectivity index (χ1v) is 9.11. The number of urea groups is 1. The number of halogens is 1. The molecule has 0 spiro atoms. The number of carbonyl (C=O) groups excluding carboxylic acids is 3. The van der Waals surface area contributed by atoms with E-state index >= 15 is 0 Å². The predicted molar refractivity (Wildman–Crippen MR) is 107 cm³/mol. The van der Waals surface area contributed by atoms with Gasteiger partial charge in [0.05, 0.1) is 12.5 Å². The number of amides is 3. The van der Waals surface area contributed by atoms with Gasteiger partial charge in [-0.25, -0.2) is 4.79 Å². The Kier molecular flexibility index (Phi) is 7.83. The highest BCUT2D eigenvalue weighted by Gasteiger charge is 2.19. The Bertz CT molecular complexity index is 840. The predicted octanol–water partition coefficient (Wildman–Crippen LogP) is 3.18. The highest BCUT2D eigenvalue weighted by Crippen LogP contribution is 2.20. The Morgan fingerprint density at radius 1 is 1.11 bits per heavy atom. The van der Waals surface area contributed by atoms with Gasteiger partial charge in [-0.3, -0.25) is 9.59 Å². The molecule has 0 aromatic heterocycles. The van der Waals surface area contributed by atoms with E-state index in [0.717, 1.165) is 12.0 Å². The minimum atomic E-state index is -0.776. The number of benzene rings is 2. The molecule has 0 saturated carbocycles. The van der Waals surface area contributed by atoms with Crippen LogP contribution in [0.4, 0.5) is 10.5 Å². The van der Waals surface area contributed by atoms with Gasteiger partial charge in [-0.15, -0.1) is 0 Å². The normalized spacial score (nSPS) is 11.4. The maximum absolute atomic E-state index is 12.1. The molecule has 2 rings (SSSR count). The van der Waals surface area contributed by atoms with E-state index in [2.05, 4.69) is 10.6 Å². The van der Waals surface area contributed by atoms with Crippen molar-refractivity contribution in [1.29, 1.82) is 0 Å². The number of hydrogen-bond donors (Lipinski definition) is 3. The summed E-state index contributed by atoms with van der Waals surface area (Å²) < 4.78 is 5.04. The second-order valence-corrected chi connectivity index (χ2v) is 6.47. The van der Waals surface area contributed by atoms with Crippen LogP contribution in [-0.2, 0) is 20.7 Å². The van der Waals surface area contributed by atoms with Crippen molar-refractivity contribution in [2.75, 3.05) is 11.9 Å². The van der Waals surface area contributed by atoms with Crippen LogP contribution in [0.15, 0.2) is 48.5 Å². The van der Waals surface area contributed by atoms with Crippen LogP contribution in [0.25, 0.3) is 0 Å². The third-order valence-electron chi connectivity index (χ3n) is 4.00. The summed E-state index contributed by atoms with van der Waals surface area (Å²) in [5, 5.41) is 5.72. The summed E-state index contributed by atoms with van der Waals surface area (Å²) in [7, 11) is 0. The second kappa shape index (κ2) is 10.3. The van der Waals surface area contributed by atoms with Gasteiger partial charge in [-0.1, -0.05) is 48.9 Å². The van der Waals surface area contributed by atoms with Crippen LogP contribution in [0.3, 0.4) is 0 Å². The molecule has 0 aliphatic heterocycles. The number of ether oxygens (including phenoxy) is 1. The van der Waals surface area contributed by atoms with Crippen LogP contribution < -0.4 is 16.4 Å². The Labute approximate surface area is 168 Å². The van der Waals surface area contributed by atoms with Gasteiger partial charge in [0.15, 0.2) is 6.61 Å². The van der Waals surface area contributed by atoms with Crippen LogP contribution in [0, 0.1) is 0 Å². The Morgan fingerprint density at radius 2 is 1.79 bits per heavy atom. The van der Waals surface area contributed by atoms with Gasteiger partial charge in [-0.05, 0) is 35.7 Å². The van der Waals surface area contributed by atoms with Crippen LogP contribution >= 0.6 is 11.6 Å². The summed E-state index contributed by atoms with van der Waals surface area (Å²) in [6.45, 7) is 1.55. The van der Waals surface area contributed by atoms with E-state index in [1.54, 1.807) is 30.3 Å². The number of nitrogens with one attached hydrogen (secondary N) is 2. The van der Waals surface area contributed by atoms with E-state index in [1.807, 2.05) is 25.1 Å². The van der Waals surface area contributed by atoms with Crippen molar-refractivity contribution >= 4 is 35.2 Å². The zero-order valence-corrected chi connectivity index (χ0v) is 16.2. The molecule has 2 aromatic carbocycles. The maximum Gasteiger partial charge on any atom is 0.312 e. The smallest absolute Gasteiger partial charge is 0.312 e. The number of aryl methyl sites for hydroxylation is 1. The third kappa shape index (κ3) is 6.59. The molecule has 0 fully saturated rings. The van der Waals surface area contributed by atoms with E-state index < -0.39 is 30.6 Å². The van der Waals surface area contributed by atoms with Crippen molar-refractivity contribution in [2.24, 2.45) is 5.73 Å². The van der Waals surface area contributed by atoms with Gasteiger partial charge in [0.1, 0.15) is 0 Å². The zero-order chi connectivity index (χ0) is 20.5. The molecular formula is C20H22ClN3O4. The highest BCUT2D eigenvalue weighted by atomic mass is 35.5. The number of anilines is 1. The molecule has 1 atom stereocenters. The van der Waals surface area contributed by atoms with Crippen molar-refractivity contribution in [3.05, 3.63) is 64.7 Å². The van der Waals surface area contributed by atoms with Crippen molar-refractivity contribution in [3.8, 4) is 0 Å². The molecule has 2 aromatic rings. The first-order valence-electron chi connectivity index (χ1n) is 8.73. The Morgan fingerprint density at radius 3 is 2.43 bits per heavy atom. The molecule has 3 amide bonds. The summed E-state index contributed by atoms with van der Waals surface area (Å²) in [6.07, 6.45) is 0.585. The largest absolute Gasteiger partial charge is 0.455 e. The fraction of sp³-hybridized carbons (Fsp3) is 0.250. The fourth-order valence-electron chi connectivity index (χ4n) is 2.63. The standard InChI is InChI=1S/C20H22ClN3O4/c1-2-13-5-3-4-6-16(13)23-18(25)12-28-19(26)11-17(24-20(22)27)14-7-9-15(21)10-8-14/h3-10,17H,2,11-12H2,1H3,(H,23,25)(H3,22,24,27)/t17-/m1/s1. The van der Waals surface area contributed by atoms with Gasteiger partial charge in [0.25, 0.3) is 5.91 Å². The number of nitrogens with two attached hydrogens (primary N) is 1. The molecule has 4 N–H and O–H groups in total. The molecule has 0 heterocycles. The van der Waals surface area contributed by atoms with E-state index in [4.69, 9.17) is 22.1 Å². The average Bonchev–Trinajstić information content (AvgIpc) is 2.66. The van der Waals surface area contributed by atoms with Crippen LogP contribution in [-0.4, -0.2) is 24.5 Å². The molecule has 0 aliphatic carbocycles. The Hall–Kier alpha value is -3.06. The lowest BCUT2D eigenvalue weighted by molar-refractivity contribution is -0.147. The van der Waals surface area contributed by atoms with Crippen LogP contribution in [0.2, 0.25) is 5.02 Å². The van der Waals surface area contributed by atoms with Crippen LogP contribution in [0.5, 0.6) is 0 Å². The average molecular weight is 404 g/mol. The molecule has 0 radical (unpaired) electrons. The monoisotopic (exact) mass is 403 g/mol. The summed E-state index contributed by atoms with van der Waals surface area (Å²) >= 11 is 5.85.